The number of benzene rings is 2. The first-order valence-corrected chi connectivity index (χ1v) is 10.6. The van der Waals surface area contributed by atoms with Crippen LogP contribution >= 0.6 is 22.9 Å². The van der Waals surface area contributed by atoms with Gasteiger partial charge in [-0.05, 0) is 41.3 Å². The average molecular weight is 406 g/mol. The third-order valence-corrected chi connectivity index (χ3v) is 7.66. The molecule has 3 aromatic rings. The summed E-state index contributed by atoms with van der Waals surface area (Å²) in [5, 5.41) is 4.12. The second-order valence-electron chi connectivity index (χ2n) is 5.59. The minimum atomic E-state index is -3.61. The fourth-order valence-electron chi connectivity index (χ4n) is 2.53. The van der Waals surface area contributed by atoms with Crippen molar-refractivity contribution in [2.24, 2.45) is 0 Å². The Labute approximate surface area is 161 Å². The summed E-state index contributed by atoms with van der Waals surface area (Å²) >= 11 is 7.00. The van der Waals surface area contributed by atoms with Crippen LogP contribution in [0.4, 0.5) is 0 Å². The SMILES string of the molecule is O=C(NC[C@H](c1ccccc1)S(=O)(=O)c1cccs1)c1ccc(Cl)cc1. The summed E-state index contributed by atoms with van der Waals surface area (Å²) in [6.45, 7) is -0.0221. The molecule has 3 rings (SSSR count). The highest BCUT2D eigenvalue weighted by Gasteiger charge is 2.30. The number of carbonyl (C=O) groups excluding carboxylic acids is 1. The van der Waals surface area contributed by atoms with E-state index in [1.807, 2.05) is 6.07 Å². The van der Waals surface area contributed by atoms with Gasteiger partial charge in [-0.1, -0.05) is 48.0 Å². The van der Waals surface area contributed by atoms with Crippen LogP contribution in [0.15, 0.2) is 76.3 Å². The van der Waals surface area contributed by atoms with E-state index >= 15 is 0 Å². The number of carbonyl (C=O) groups is 1. The van der Waals surface area contributed by atoms with Crippen molar-refractivity contribution in [1.29, 1.82) is 0 Å². The van der Waals surface area contributed by atoms with E-state index in [1.165, 1.54) is 11.3 Å². The third-order valence-electron chi connectivity index (χ3n) is 3.88. The molecule has 2 aromatic carbocycles. The maximum atomic E-state index is 13.0. The van der Waals surface area contributed by atoms with Gasteiger partial charge in [-0.3, -0.25) is 4.79 Å². The van der Waals surface area contributed by atoms with Crippen molar-refractivity contribution >= 4 is 38.7 Å². The van der Waals surface area contributed by atoms with Crippen molar-refractivity contribution < 1.29 is 13.2 Å². The maximum absolute atomic E-state index is 13.0. The lowest BCUT2D eigenvalue weighted by atomic mass is 10.1. The van der Waals surface area contributed by atoms with Crippen LogP contribution in [-0.2, 0) is 9.84 Å². The number of hydrogen-bond acceptors (Lipinski definition) is 4. The lowest BCUT2D eigenvalue weighted by Crippen LogP contribution is -2.31. The van der Waals surface area contributed by atoms with E-state index < -0.39 is 15.1 Å². The molecule has 0 aliphatic heterocycles. The fourth-order valence-corrected chi connectivity index (χ4v) is 5.52. The van der Waals surface area contributed by atoms with E-state index in [9.17, 15) is 13.2 Å². The number of nitrogens with one attached hydrogen (secondary N) is 1. The molecule has 0 saturated carbocycles. The van der Waals surface area contributed by atoms with Crippen molar-refractivity contribution in [3.63, 3.8) is 0 Å². The minimum absolute atomic E-state index is 0.0221. The molecule has 0 fully saturated rings. The van der Waals surface area contributed by atoms with Gasteiger partial charge in [0.1, 0.15) is 9.46 Å². The molecule has 1 amide bonds. The molecular weight excluding hydrogens is 390 g/mol. The van der Waals surface area contributed by atoms with Crippen LogP contribution in [0.5, 0.6) is 0 Å². The number of thiophene rings is 1. The number of sulfone groups is 1. The van der Waals surface area contributed by atoms with Crippen LogP contribution in [0.3, 0.4) is 0 Å². The Balaban J connectivity index is 1.85. The quantitative estimate of drug-likeness (QED) is 0.663. The van der Waals surface area contributed by atoms with E-state index in [-0.39, 0.29) is 16.7 Å². The zero-order chi connectivity index (χ0) is 18.6. The first-order chi connectivity index (χ1) is 12.5. The van der Waals surface area contributed by atoms with E-state index in [4.69, 9.17) is 11.6 Å². The van der Waals surface area contributed by atoms with Gasteiger partial charge in [0.15, 0.2) is 9.84 Å². The molecule has 4 nitrogen and oxygen atoms in total. The fraction of sp³-hybridized carbons (Fsp3) is 0.105. The van der Waals surface area contributed by atoms with E-state index in [1.54, 1.807) is 66.0 Å². The molecule has 1 heterocycles. The molecule has 7 heteroatoms. The van der Waals surface area contributed by atoms with E-state index in [0.29, 0.717) is 16.1 Å². The van der Waals surface area contributed by atoms with Crippen LogP contribution in [0.2, 0.25) is 5.02 Å². The zero-order valence-electron chi connectivity index (χ0n) is 13.6. The molecule has 0 aliphatic rings. The largest absolute Gasteiger partial charge is 0.350 e. The Bertz CT molecular complexity index is 969. The molecule has 0 unspecified atom stereocenters. The Morgan fingerprint density at radius 1 is 1.00 bits per heavy atom. The highest BCUT2D eigenvalue weighted by atomic mass is 35.5. The molecule has 1 atom stereocenters. The Kier molecular flexibility index (Phi) is 5.76. The summed E-state index contributed by atoms with van der Waals surface area (Å²) in [5.41, 5.74) is 1.06. The van der Waals surface area contributed by atoms with Crippen molar-refractivity contribution in [3.8, 4) is 0 Å². The molecule has 134 valence electrons. The van der Waals surface area contributed by atoms with E-state index in [0.717, 1.165) is 0 Å². The van der Waals surface area contributed by atoms with Crippen LogP contribution in [0.25, 0.3) is 0 Å². The molecular formula is C19H16ClNO3S2. The van der Waals surface area contributed by atoms with Gasteiger partial charge >= 0.3 is 0 Å². The summed E-state index contributed by atoms with van der Waals surface area (Å²) in [7, 11) is -3.61. The summed E-state index contributed by atoms with van der Waals surface area (Å²) in [6.07, 6.45) is 0. The average Bonchev–Trinajstić information content (AvgIpc) is 3.18. The normalized spacial score (nSPS) is 12.5. The maximum Gasteiger partial charge on any atom is 0.251 e. The lowest BCUT2D eigenvalue weighted by molar-refractivity contribution is 0.0953. The number of amides is 1. The Morgan fingerprint density at radius 2 is 1.69 bits per heavy atom. The van der Waals surface area contributed by atoms with E-state index in [2.05, 4.69) is 5.32 Å². The smallest absolute Gasteiger partial charge is 0.251 e. The van der Waals surface area contributed by atoms with Gasteiger partial charge in [0.25, 0.3) is 5.91 Å². The van der Waals surface area contributed by atoms with Gasteiger partial charge in [-0.15, -0.1) is 11.3 Å². The van der Waals surface area contributed by atoms with Crippen molar-refractivity contribution in [3.05, 3.63) is 88.3 Å². The van der Waals surface area contributed by atoms with Crippen molar-refractivity contribution in [1.82, 2.24) is 5.32 Å². The van der Waals surface area contributed by atoms with Gasteiger partial charge in [0.05, 0.1) is 0 Å². The van der Waals surface area contributed by atoms with Gasteiger partial charge in [-0.25, -0.2) is 8.42 Å². The zero-order valence-corrected chi connectivity index (χ0v) is 16.0. The topological polar surface area (TPSA) is 63.2 Å². The Morgan fingerprint density at radius 3 is 2.31 bits per heavy atom. The monoisotopic (exact) mass is 405 g/mol. The summed E-state index contributed by atoms with van der Waals surface area (Å²) < 4.78 is 26.3. The molecule has 26 heavy (non-hydrogen) atoms. The third kappa shape index (κ3) is 4.15. The van der Waals surface area contributed by atoms with Crippen molar-refractivity contribution in [2.75, 3.05) is 6.54 Å². The molecule has 1 aromatic heterocycles. The summed E-state index contributed by atoms with van der Waals surface area (Å²) in [6, 6.07) is 18.6. The molecule has 0 radical (unpaired) electrons. The lowest BCUT2D eigenvalue weighted by Gasteiger charge is -2.18. The highest BCUT2D eigenvalue weighted by Crippen LogP contribution is 2.31. The molecule has 0 saturated heterocycles. The molecule has 0 spiro atoms. The van der Waals surface area contributed by atoms with Gasteiger partial charge in [0, 0.05) is 17.1 Å². The minimum Gasteiger partial charge on any atom is -0.350 e. The highest BCUT2D eigenvalue weighted by molar-refractivity contribution is 7.93. The number of hydrogen-bond donors (Lipinski definition) is 1. The molecule has 1 N–H and O–H groups in total. The van der Waals surface area contributed by atoms with Crippen LogP contribution in [0.1, 0.15) is 21.2 Å². The standard InChI is InChI=1S/C19H16ClNO3S2/c20-16-10-8-15(9-11-16)19(22)21-13-17(14-5-2-1-3-6-14)26(23,24)18-7-4-12-25-18/h1-12,17H,13H2,(H,21,22)/t17-/m1/s1. The van der Waals surface area contributed by atoms with Gasteiger partial charge < -0.3 is 5.32 Å². The number of rotatable bonds is 6. The van der Waals surface area contributed by atoms with Crippen LogP contribution < -0.4 is 5.32 Å². The first kappa shape index (κ1) is 18.6. The predicted octanol–water partition coefficient (Wildman–Crippen LogP) is 4.35. The predicted molar refractivity (Wildman–Crippen MR) is 104 cm³/mol. The van der Waals surface area contributed by atoms with Gasteiger partial charge in [-0.2, -0.15) is 0 Å². The summed E-state index contributed by atoms with van der Waals surface area (Å²) in [4.78, 5) is 12.4. The summed E-state index contributed by atoms with van der Waals surface area (Å²) in [5.74, 6) is -0.344. The first-order valence-electron chi connectivity index (χ1n) is 7.84. The van der Waals surface area contributed by atoms with Crippen molar-refractivity contribution in [2.45, 2.75) is 9.46 Å². The second-order valence-corrected chi connectivity index (χ2v) is 9.33. The number of halogens is 1. The molecule has 0 aliphatic carbocycles. The van der Waals surface area contributed by atoms with Crippen LogP contribution in [-0.4, -0.2) is 20.9 Å². The Hall–Kier alpha value is -2.15. The molecule has 0 bridgehead atoms. The van der Waals surface area contributed by atoms with Gasteiger partial charge in [0.2, 0.25) is 0 Å². The van der Waals surface area contributed by atoms with Crippen LogP contribution in [0, 0.1) is 0 Å². The second kappa shape index (κ2) is 8.03.